The standard InChI is InChI=1S/C22H15BrClN3O4/c23-16-8-10-18(11-9-16)26-20(28)21(29)27-25-13-15-4-1-2-7-19(15)31-22(30)14-5-3-6-17(24)12-14/h1-13H,(H,26,28)(H,27,29)/b25-13+. The van der Waals surface area contributed by atoms with Crippen molar-refractivity contribution in [3.8, 4) is 5.75 Å². The summed E-state index contributed by atoms with van der Waals surface area (Å²) in [5.41, 5.74) is 3.31. The van der Waals surface area contributed by atoms with E-state index >= 15 is 0 Å². The summed E-state index contributed by atoms with van der Waals surface area (Å²) in [7, 11) is 0. The van der Waals surface area contributed by atoms with Gasteiger partial charge >= 0.3 is 17.8 Å². The van der Waals surface area contributed by atoms with Crippen LogP contribution in [0.3, 0.4) is 0 Å². The van der Waals surface area contributed by atoms with Crippen molar-refractivity contribution in [2.75, 3.05) is 5.32 Å². The number of nitrogens with zero attached hydrogens (tertiary/aromatic N) is 1. The van der Waals surface area contributed by atoms with Crippen molar-refractivity contribution >= 4 is 57.2 Å². The van der Waals surface area contributed by atoms with E-state index in [0.29, 0.717) is 16.3 Å². The zero-order valence-corrected chi connectivity index (χ0v) is 18.2. The molecule has 3 rings (SSSR count). The van der Waals surface area contributed by atoms with Crippen molar-refractivity contribution in [1.29, 1.82) is 0 Å². The molecule has 0 heterocycles. The van der Waals surface area contributed by atoms with Gasteiger partial charge in [0.1, 0.15) is 5.75 Å². The largest absolute Gasteiger partial charge is 0.422 e. The van der Waals surface area contributed by atoms with Crippen LogP contribution in [-0.4, -0.2) is 24.0 Å². The van der Waals surface area contributed by atoms with Crippen LogP contribution in [0.4, 0.5) is 5.69 Å². The summed E-state index contributed by atoms with van der Waals surface area (Å²) in [5, 5.41) is 6.63. The van der Waals surface area contributed by atoms with E-state index in [1.165, 1.54) is 12.3 Å². The maximum absolute atomic E-state index is 12.3. The number of esters is 1. The molecule has 0 radical (unpaired) electrons. The van der Waals surface area contributed by atoms with Gasteiger partial charge in [-0.2, -0.15) is 5.10 Å². The Kier molecular flexibility index (Phi) is 7.53. The number of nitrogens with one attached hydrogen (secondary N) is 2. The van der Waals surface area contributed by atoms with Crippen LogP contribution in [0.25, 0.3) is 0 Å². The molecule has 31 heavy (non-hydrogen) atoms. The van der Waals surface area contributed by atoms with Crippen LogP contribution in [0.2, 0.25) is 5.02 Å². The van der Waals surface area contributed by atoms with Gasteiger partial charge in [0.15, 0.2) is 0 Å². The number of hydrogen-bond donors (Lipinski definition) is 2. The number of anilines is 1. The van der Waals surface area contributed by atoms with Crippen molar-refractivity contribution in [1.82, 2.24) is 5.43 Å². The van der Waals surface area contributed by atoms with Crippen molar-refractivity contribution < 1.29 is 19.1 Å². The van der Waals surface area contributed by atoms with Gasteiger partial charge < -0.3 is 10.1 Å². The molecule has 0 bridgehead atoms. The van der Waals surface area contributed by atoms with Gasteiger partial charge in [0.25, 0.3) is 0 Å². The third kappa shape index (κ3) is 6.50. The maximum atomic E-state index is 12.3. The van der Waals surface area contributed by atoms with Gasteiger partial charge in [-0.3, -0.25) is 9.59 Å². The molecule has 3 aromatic rings. The van der Waals surface area contributed by atoms with E-state index in [1.807, 2.05) is 0 Å². The Morgan fingerprint density at radius 3 is 2.42 bits per heavy atom. The summed E-state index contributed by atoms with van der Waals surface area (Å²) in [6.07, 6.45) is 1.27. The van der Waals surface area contributed by atoms with Crippen LogP contribution >= 0.6 is 27.5 Å². The lowest BCUT2D eigenvalue weighted by Crippen LogP contribution is -2.32. The average molecular weight is 501 g/mol. The van der Waals surface area contributed by atoms with E-state index in [0.717, 1.165) is 4.47 Å². The molecule has 0 spiro atoms. The summed E-state index contributed by atoms with van der Waals surface area (Å²) < 4.78 is 6.24. The van der Waals surface area contributed by atoms with Crippen LogP contribution in [-0.2, 0) is 9.59 Å². The highest BCUT2D eigenvalue weighted by Gasteiger charge is 2.14. The minimum absolute atomic E-state index is 0.227. The molecule has 0 aliphatic heterocycles. The quantitative estimate of drug-likeness (QED) is 0.178. The van der Waals surface area contributed by atoms with Gasteiger partial charge in [0.2, 0.25) is 0 Å². The van der Waals surface area contributed by atoms with Gasteiger partial charge in [-0.1, -0.05) is 45.7 Å². The van der Waals surface area contributed by atoms with Crippen LogP contribution in [0, 0.1) is 0 Å². The van der Waals surface area contributed by atoms with Crippen molar-refractivity contribution in [2.24, 2.45) is 5.10 Å². The maximum Gasteiger partial charge on any atom is 0.343 e. The van der Waals surface area contributed by atoms with Gasteiger partial charge in [-0.25, -0.2) is 10.2 Å². The molecule has 2 N–H and O–H groups in total. The fourth-order valence-electron chi connectivity index (χ4n) is 2.39. The fourth-order valence-corrected chi connectivity index (χ4v) is 2.84. The first kappa shape index (κ1) is 22.2. The Labute approximate surface area is 191 Å². The average Bonchev–Trinajstić information content (AvgIpc) is 2.76. The highest BCUT2D eigenvalue weighted by atomic mass is 79.9. The van der Waals surface area contributed by atoms with E-state index in [1.54, 1.807) is 66.7 Å². The van der Waals surface area contributed by atoms with E-state index in [9.17, 15) is 14.4 Å². The molecule has 0 saturated carbocycles. The Hall–Kier alpha value is -3.49. The first-order valence-corrected chi connectivity index (χ1v) is 10.1. The molecule has 0 atom stereocenters. The van der Waals surface area contributed by atoms with Crippen LogP contribution in [0.1, 0.15) is 15.9 Å². The second-order valence-electron chi connectivity index (χ2n) is 6.10. The van der Waals surface area contributed by atoms with Crippen LogP contribution in [0.5, 0.6) is 5.75 Å². The smallest absolute Gasteiger partial charge is 0.343 e. The van der Waals surface area contributed by atoms with Crippen LogP contribution < -0.4 is 15.5 Å². The molecule has 2 amide bonds. The lowest BCUT2D eigenvalue weighted by Gasteiger charge is -2.07. The third-order valence-electron chi connectivity index (χ3n) is 3.86. The van der Waals surface area contributed by atoms with Crippen LogP contribution in [0.15, 0.2) is 82.4 Å². The number of hydrogen-bond acceptors (Lipinski definition) is 5. The molecule has 0 fully saturated rings. The summed E-state index contributed by atoms with van der Waals surface area (Å²) in [6.45, 7) is 0. The van der Waals surface area contributed by atoms with Gasteiger partial charge in [-0.15, -0.1) is 0 Å². The summed E-state index contributed by atoms with van der Waals surface area (Å²) in [4.78, 5) is 36.2. The SMILES string of the molecule is O=C(N/N=C/c1ccccc1OC(=O)c1cccc(Cl)c1)C(=O)Nc1ccc(Br)cc1. The number of rotatable bonds is 5. The molecule has 7 nitrogen and oxygen atoms in total. The molecule has 0 saturated heterocycles. The molecule has 0 unspecified atom stereocenters. The Balaban J connectivity index is 1.62. The van der Waals surface area contributed by atoms with Crippen molar-refractivity contribution in [3.63, 3.8) is 0 Å². The number of carbonyl (C=O) groups is 3. The minimum Gasteiger partial charge on any atom is -0.422 e. The molecule has 0 aliphatic carbocycles. The highest BCUT2D eigenvalue weighted by molar-refractivity contribution is 9.10. The Morgan fingerprint density at radius 1 is 0.935 bits per heavy atom. The van der Waals surface area contributed by atoms with Gasteiger partial charge in [0, 0.05) is 20.7 Å². The second-order valence-corrected chi connectivity index (χ2v) is 7.45. The molecular weight excluding hydrogens is 486 g/mol. The Bertz CT molecular complexity index is 1150. The molecule has 156 valence electrons. The number of carbonyl (C=O) groups excluding carboxylic acids is 3. The topological polar surface area (TPSA) is 96.9 Å². The molecule has 9 heteroatoms. The van der Waals surface area contributed by atoms with Crippen molar-refractivity contribution in [2.45, 2.75) is 0 Å². The number of hydrazone groups is 1. The number of para-hydroxylation sites is 1. The van der Waals surface area contributed by atoms with E-state index in [2.05, 4.69) is 31.8 Å². The lowest BCUT2D eigenvalue weighted by molar-refractivity contribution is -0.136. The van der Waals surface area contributed by atoms with E-state index < -0.39 is 17.8 Å². The lowest BCUT2D eigenvalue weighted by atomic mass is 10.2. The zero-order chi connectivity index (χ0) is 22.2. The minimum atomic E-state index is -0.951. The zero-order valence-electron chi connectivity index (χ0n) is 15.8. The monoisotopic (exact) mass is 499 g/mol. The predicted octanol–water partition coefficient (Wildman–Crippen LogP) is 4.41. The Morgan fingerprint density at radius 2 is 1.68 bits per heavy atom. The summed E-state index contributed by atoms with van der Waals surface area (Å²) in [6, 6.07) is 19.7. The first-order chi connectivity index (χ1) is 14.9. The van der Waals surface area contributed by atoms with Gasteiger partial charge in [0.05, 0.1) is 11.8 Å². The van der Waals surface area contributed by atoms with E-state index in [4.69, 9.17) is 16.3 Å². The van der Waals surface area contributed by atoms with Crippen molar-refractivity contribution in [3.05, 3.63) is 93.4 Å². The number of benzene rings is 3. The normalized spacial score (nSPS) is 10.5. The predicted molar refractivity (Wildman–Crippen MR) is 121 cm³/mol. The van der Waals surface area contributed by atoms with E-state index in [-0.39, 0.29) is 11.3 Å². The molecule has 0 aromatic heterocycles. The fraction of sp³-hybridized carbons (Fsp3) is 0. The molecule has 3 aromatic carbocycles. The third-order valence-corrected chi connectivity index (χ3v) is 4.62. The number of amides is 2. The summed E-state index contributed by atoms with van der Waals surface area (Å²) in [5.74, 6) is -2.20. The first-order valence-electron chi connectivity index (χ1n) is 8.89. The summed E-state index contributed by atoms with van der Waals surface area (Å²) >= 11 is 9.19. The molecular formula is C22H15BrClN3O4. The highest BCUT2D eigenvalue weighted by Crippen LogP contribution is 2.19. The number of halogens is 2. The molecule has 0 aliphatic rings. The number of ether oxygens (including phenoxy) is 1. The van der Waals surface area contributed by atoms with Gasteiger partial charge in [-0.05, 0) is 54.6 Å². The second kappa shape index (κ2) is 10.5.